The molecular formula is C31H30F4N6O3. The Morgan fingerprint density at radius 2 is 1.89 bits per heavy atom. The number of alkyl halides is 3. The number of aromatic hydroxyl groups is 1. The van der Waals surface area contributed by atoms with Gasteiger partial charge in [0, 0.05) is 38.1 Å². The molecule has 5 rings (SSSR count). The highest BCUT2D eigenvalue weighted by Crippen LogP contribution is 2.36. The van der Waals surface area contributed by atoms with Gasteiger partial charge in [-0.1, -0.05) is 26.5 Å². The molecule has 4 heterocycles. The number of carbonyl (C=O) groups is 1. The lowest BCUT2D eigenvalue weighted by Gasteiger charge is -2.41. The molecule has 9 nitrogen and oxygen atoms in total. The summed E-state index contributed by atoms with van der Waals surface area (Å²) in [5, 5.41) is 10.9. The van der Waals surface area contributed by atoms with Gasteiger partial charge in [0.15, 0.2) is 0 Å². The lowest BCUT2D eigenvalue weighted by atomic mass is 10.0. The molecule has 0 radical (unpaired) electrons. The highest BCUT2D eigenvalue weighted by Gasteiger charge is 2.40. The molecule has 3 aromatic heterocycles. The number of carbonyl (C=O) groups excluding carboxylic acids is 1. The van der Waals surface area contributed by atoms with E-state index in [2.05, 4.69) is 21.5 Å². The third-order valence-electron chi connectivity index (χ3n) is 7.72. The van der Waals surface area contributed by atoms with Crippen molar-refractivity contribution in [3.8, 4) is 22.7 Å². The number of rotatable bonds is 5. The van der Waals surface area contributed by atoms with Gasteiger partial charge in [0.1, 0.15) is 23.0 Å². The van der Waals surface area contributed by atoms with Crippen molar-refractivity contribution in [1.29, 1.82) is 0 Å². The van der Waals surface area contributed by atoms with E-state index in [1.54, 1.807) is 24.1 Å². The first-order valence-electron chi connectivity index (χ1n) is 13.9. The quantitative estimate of drug-likeness (QED) is 0.242. The third kappa shape index (κ3) is 5.38. The Bertz CT molecular complexity index is 1830. The van der Waals surface area contributed by atoms with Crippen LogP contribution in [0.5, 0.6) is 5.75 Å². The van der Waals surface area contributed by atoms with Crippen LogP contribution < -0.4 is 10.6 Å². The van der Waals surface area contributed by atoms with Gasteiger partial charge in [0.2, 0.25) is 0 Å². The highest BCUT2D eigenvalue weighted by molar-refractivity contribution is 5.95. The summed E-state index contributed by atoms with van der Waals surface area (Å²) in [5.74, 6) is -2.13. The van der Waals surface area contributed by atoms with E-state index in [1.165, 1.54) is 35.0 Å². The largest absolute Gasteiger partial charge is 0.507 e. The molecule has 0 saturated carbocycles. The van der Waals surface area contributed by atoms with Gasteiger partial charge in [-0.05, 0) is 49.6 Å². The number of aromatic nitrogens is 4. The Morgan fingerprint density at radius 3 is 2.52 bits per heavy atom. The van der Waals surface area contributed by atoms with E-state index in [0.29, 0.717) is 22.3 Å². The minimum atomic E-state index is -4.85. The molecule has 0 spiro atoms. The zero-order chi connectivity index (χ0) is 32.1. The number of aryl methyl sites for hydroxylation is 1. The molecule has 0 bridgehead atoms. The summed E-state index contributed by atoms with van der Waals surface area (Å²) in [5.41, 5.74) is -0.0342. The molecule has 1 aliphatic heterocycles. The van der Waals surface area contributed by atoms with Crippen LogP contribution in [0, 0.1) is 12.7 Å². The summed E-state index contributed by atoms with van der Waals surface area (Å²) in [6, 6.07) is 6.58. The van der Waals surface area contributed by atoms with Crippen molar-refractivity contribution < 1.29 is 27.5 Å². The number of fused-ring (bicyclic) bond motifs is 1. The topological polar surface area (TPSA) is 104 Å². The minimum Gasteiger partial charge on any atom is -0.507 e. The predicted molar refractivity (Wildman–Crippen MR) is 157 cm³/mol. The van der Waals surface area contributed by atoms with Crippen LogP contribution in [0.4, 0.5) is 23.4 Å². The molecule has 1 atom stereocenters. The molecule has 1 aliphatic rings. The fraction of sp³-hybridized carbons (Fsp3) is 0.323. The summed E-state index contributed by atoms with van der Waals surface area (Å²) in [6.45, 7) is 10.2. The zero-order valence-corrected chi connectivity index (χ0v) is 24.5. The summed E-state index contributed by atoms with van der Waals surface area (Å²) in [4.78, 5) is 42.6. The van der Waals surface area contributed by atoms with Gasteiger partial charge in [-0.3, -0.25) is 19.3 Å². The minimum absolute atomic E-state index is 0.0696. The fourth-order valence-electron chi connectivity index (χ4n) is 5.50. The number of hydrogen-bond acceptors (Lipinski definition) is 7. The Morgan fingerprint density at radius 1 is 1.16 bits per heavy atom. The van der Waals surface area contributed by atoms with Gasteiger partial charge in [0.25, 0.3) is 5.91 Å². The van der Waals surface area contributed by atoms with Crippen LogP contribution in [-0.4, -0.2) is 67.3 Å². The molecule has 13 heteroatoms. The second-order valence-electron chi connectivity index (χ2n) is 11.1. The van der Waals surface area contributed by atoms with Crippen LogP contribution >= 0.6 is 0 Å². The number of hydrogen-bond donors (Lipinski definition) is 1. The molecule has 4 aromatic rings. The number of pyridine rings is 2. The van der Waals surface area contributed by atoms with Crippen molar-refractivity contribution in [2.24, 2.45) is 0 Å². The average molecular weight is 611 g/mol. The van der Waals surface area contributed by atoms with Gasteiger partial charge in [-0.25, -0.2) is 9.18 Å². The number of anilines is 1. The smallest absolute Gasteiger partial charge is 0.421 e. The molecular weight excluding hydrogens is 580 g/mol. The number of nitrogens with zero attached hydrogens (tertiary/aromatic N) is 6. The summed E-state index contributed by atoms with van der Waals surface area (Å²) in [7, 11) is 0. The van der Waals surface area contributed by atoms with Crippen molar-refractivity contribution in [1.82, 2.24) is 24.4 Å². The molecule has 44 heavy (non-hydrogen) atoms. The van der Waals surface area contributed by atoms with Crippen molar-refractivity contribution in [3.63, 3.8) is 0 Å². The summed E-state index contributed by atoms with van der Waals surface area (Å²) >= 11 is 0. The number of halogens is 4. The standard InChI is InChI=1S/C31H30F4N6O3/c1-16(2)26-27(17(3)9-10-36-26)41-23-13-22(25-21(32)7-6-8-24(25)42)37-14-20(23)28(38-30(41)44)40-12-11-39(15-18(40)4)29(43)19(5)31(33,34)35/h6-10,13-14,16,18,42H,5,11-12,15H2,1-4H3/t18-/m0/s1. The van der Waals surface area contributed by atoms with Crippen LogP contribution in [-0.2, 0) is 4.79 Å². The van der Waals surface area contributed by atoms with Crippen molar-refractivity contribution in [3.05, 3.63) is 82.4 Å². The van der Waals surface area contributed by atoms with E-state index in [4.69, 9.17) is 0 Å². The second kappa shape index (κ2) is 11.4. The fourth-order valence-corrected chi connectivity index (χ4v) is 5.50. The van der Waals surface area contributed by atoms with Gasteiger partial charge in [-0.2, -0.15) is 18.2 Å². The van der Waals surface area contributed by atoms with E-state index in [9.17, 15) is 32.3 Å². The SMILES string of the molecule is C=C(C(=O)N1CCN(c2nc(=O)n(-c3c(C)ccnc3C(C)C)c3cc(-c4c(O)cccc4F)ncc23)[C@@H](C)C1)C(F)(F)F. The van der Waals surface area contributed by atoms with Crippen LogP contribution in [0.2, 0.25) is 0 Å². The van der Waals surface area contributed by atoms with Gasteiger partial charge in [0.05, 0.1) is 33.5 Å². The summed E-state index contributed by atoms with van der Waals surface area (Å²) in [6.07, 6.45) is -1.79. The zero-order valence-electron chi connectivity index (χ0n) is 24.5. The Labute approximate surface area is 250 Å². The number of amides is 1. The molecule has 1 saturated heterocycles. The van der Waals surface area contributed by atoms with Gasteiger partial charge < -0.3 is 14.9 Å². The first-order chi connectivity index (χ1) is 20.7. The third-order valence-corrected chi connectivity index (χ3v) is 7.72. The summed E-state index contributed by atoms with van der Waals surface area (Å²) < 4.78 is 55.7. The highest BCUT2D eigenvalue weighted by atomic mass is 19.4. The van der Waals surface area contributed by atoms with E-state index < -0.39 is 35.2 Å². The number of benzene rings is 1. The maximum Gasteiger partial charge on any atom is 0.421 e. The lowest BCUT2D eigenvalue weighted by Crippen LogP contribution is -2.55. The van der Waals surface area contributed by atoms with Gasteiger partial charge in [-0.15, -0.1) is 0 Å². The molecule has 1 N–H and O–H groups in total. The number of piperazine rings is 1. The first kappa shape index (κ1) is 30.6. The normalized spacial score (nSPS) is 15.7. The van der Waals surface area contributed by atoms with E-state index in [-0.39, 0.29) is 48.4 Å². The van der Waals surface area contributed by atoms with E-state index in [1.807, 2.05) is 20.8 Å². The Kier molecular flexibility index (Phi) is 7.91. The molecule has 0 aliphatic carbocycles. The molecule has 1 fully saturated rings. The molecule has 230 valence electrons. The van der Waals surface area contributed by atoms with Gasteiger partial charge >= 0.3 is 11.9 Å². The van der Waals surface area contributed by atoms with Crippen molar-refractivity contribution in [2.75, 3.05) is 24.5 Å². The van der Waals surface area contributed by atoms with Crippen molar-refractivity contribution >= 4 is 22.6 Å². The molecule has 0 unspecified atom stereocenters. The second-order valence-corrected chi connectivity index (χ2v) is 11.1. The average Bonchev–Trinajstić information content (AvgIpc) is 2.95. The first-order valence-corrected chi connectivity index (χ1v) is 13.9. The van der Waals surface area contributed by atoms with Crippen molar-refractivity contribution in [2.45, 2.75) is 45.8 Å². The monoisotopic (exact) mass is 610 g/mol. The Balaban J connectivity index is 1.70. The van der Waals surface area contributed by atoms with Crippen LogP contribution in [0.1, 0.15) is 37.9 Å². The van der Waals surface area contributed by atoms with E-state index >= 15 is 0 Å². The Hall–Kier alpha value is -4.81. The maximum absolute atomic E-state index is 14.9. The number of phenolic OH excluding ortho intramolecular Hbond substituents is 1. The van der Waals surface area contributed by atoms with Crippen LogP contribution in [0.15, 0.2) is 59.7 Å². The molecule has 1 aromatic carbocycles. The molecule has 1 amide bonds. The predicted octanol–water partition coefficient (Wildman–Crippen LogP) is 5.27. The lowest BCUT2D eigenvalue weighted by molar-refractivity contribution is -0.140. The van der Waals surface area contributed by atoms with E-state index in [0.717, 1.165) is 10.5 Å². The maximum atomic E-state index is 14.9. The number of phenols is 1. The van der Waals surface area contributed by atoms with Crippen LogP contribution in [0.3, 0.4) is 0 Å². The van der Waals surface area contributed by atoms with Crippen LogP contribution in [0.25, 0.3) is 27.8 Å².